The topological polar surface area (TPSA) is 73.9 Å². The van der Waals surface area contributed by atoms with Crippen molar-refractivity contribution < 1.29 is 17.9 Å². The van der Waals surface area contributed by atoms with Crippen LogP contribution in [0.3, 0.4) is 0 Å². The molecule has 0 amide bonds. The molecule has 0 radical (unpaired) electrons. The lowest BCUT2D eigenvalue weighted by atomic mass is 10.1. The normalized spacial score (nSPS) is 11.4. The summed E-state index contributed by atoms with van der Waals surface area (Å²) in [6.07, 6.45) is -3.18. The van der Waals surface area contributed by atoms with Crippen LogP contribution in [0.25, 0.3) is 11.3 Å². The standard InChI is InChI=1S/C11H9F3N4O/c1-19-9-4-6(2-3-16-9)7-5-8(11(12,13)14)18-10(15)17-7/h2-5H,1H3,(H2,15,17,18). The fraction of sp³-hybridized carbons (Fsp3) is 0.182. The van der Waals surface area contributed by atoms with Crippen molar-refractivity contribution in [3.8, 4) is 17.1 Å². The second-order valence-corrected chi connectivity index (χ2v) is 3.58. The number of aromatic nitrogens is 3. The minimum atomic E-state index is -4.58. The van der Waals surface area contributed by atoms with Gasteiger partial charge in [0, 0.05) is 17.8 Å². The molecule has 0 unspecified atom stereocenters. The number of pyridine rings is 1. The number of ether oxygens (including phenoxy) is 1. The molecule has 2 N–H and O–H groups in total. The molecule has 0 aromatic carbocycles. The Morgan fingerprint density at radius 2 is 1.95 bits per heavy atom. The van der Waals surface area contributed by atoms with Crippen molar-refractivity contribution in [2.75, 3.05) is 12.8 Å². The van der Waals surface area contributed by atoms with Crippen molar-refractivity contribution in [2.45, 2.75) is 6.18 Å². The Balaban J connectivity index is 2.53. The number of alkyl halides is 3. The molecule has 5 nitrogen and oxygen atoms in total. The molecule has 0 fully saturated rings. The van der Waals surface area contributed by atoms with Gasteiger partial charge in [0.2, 0.25) is 11.8 Å². The van der Waals surface area contributed by atoms with Crippen LogP contribution in [0.2, 0.25) is 0 Å². The van der Waals surface area contributed by atoms with Crippen LogP contribution in [0.5, 0.6) is 5.88 Å². The summed E-state index contributed by atoms with van der Waals surface area (Å²) in [7, 11) is 1.40. The molecule has 2 rings (SSSR count). The van der Waals surface area contributed by atoms with Crippen LogP contribution in [0.15, 0.2) is 24.4 Å². The number of rotatable bonds is 2. The summed E-state index contributed by atoms with van der Waals surface area (Å²) in [5.74, 6) is -0.177. The second-order valence-electron chi connectivity index (χ2n) is 3.58. The molecule has 0 saturated heterocycles. The van der Waals surface area contributed by atoms with Crippen molar-refractivity contribution in [3.63, 3.8) is 0 Å². The highest BCUT2D eigenvalue weighted by Crippen LogP contribution is 2.31. The lowest BCUT2D eigenvalue weighted by Crippen LogP contribution is -2.11. The van der Waals surface area contributed by atoms with Gasteiger partial charge in [0.1, 0.15) is 0 Å². The predicted molar refractivity (Wildman–Crippen MR) is 61.2 cm³/mol. The van der Waals surface area contributed by atoms with Crippen molar-refractivity contribution in [1.29, 1.82) is 0 Å². The Bertz CT molecular complexity index is 601. The maximum atomic E-state index is 12.6. The Kier molecular flexibility index (Phi) is 3.24. The molecular weight excluding hydrogens is 261 g/mol. The van der Waals surface area contributed by atoms with E-state index in [0.29, 0.717) is 5.56 Å². The zero-order chi connectivity index (χ0) is 14.0. The van der Waals surface area contributed by atoms with E-state index in [1.54, 1.807) is 0 Å². The largest absolute Gasteiger partial charge is 0.481 e. The molecule has 100 valence electrons. The smallest absolute Gasteiger partial charge is 0.433 e. The number of anilines is 1. The Labute approximate surface area is 106 Å². The minimum Gasteiger partial charge on any atom is -0.481 e. The summed E-state index contributed by atoms with van der Waals surface area (Å²) >= 11 is 0. The van der Waals surface area contributed by atoms with Crippen LogP contribution in [0.1, 0.15) is 5.69 Å². The van der Waals surface area contributed by atoms with Gasteiger partial charge in [0.25, 0.3) is 0 Å². The molecule has 2 aromatic heterocycles. The maximum Gasteiger partial charge on any atom is 0.433 e. The number of nitrogens with two attached hydrogens (primary N) is 1. The number of hydrogen-bond donors (Lipinski definition) is 1. The van der Waals surface area contributed by atoms with Gasteiger partial charge in [-0.2, -0.15) is 13.2 Å². The number of methoxy groups -OCH3 is 1. The third-order valence-electron chi connectivity index (χ3n) is 2.27. The van der Waals surface area contributed by atoms with Crippen LogP contribution >= 0.6 is 0 Å². The first kappa shape index (κ1) is 13.1. The van der Waals surface area contributed by atoms with Gasteiger partial charge in [0.05, 0.1) is 12.8 Å². The van der Waals surface area contributed by atoms with Gasteiger partial charge in [-0.3, -0.25) is 0 Å². The molecule has 2 heterocycles. The summed E-state index contributed by atoms with van der Waals surface area (Å²) in [6.45, 7) is 0. The monoisotopic (exact) mass is 270 g/mol. The summed E-state index contributed by atoms with van der Waals surface area (Å²) in [6, 6.07) is 3.79. The zero-order valence-corrected chi connectivity index (χ0v) is 9.77. The van der Waals surface area contributed by atoms with Crippen molar-refractivity contribution in [1.82, 2.24) is 15.0 Å². The lowest BCUT2D eigenvalue weighted by Gasteiger charge is -2.09. The molecule has 0 aliphatic heterocycles. The van der Waals surface area contributed by atoms with Gasteiger partial charge in [-0.25, -0.2) is 15.0 Å². The van der Waals surface area contributed by atoms with Gasteiger partial charge >= 0.3 is 6.18 Å². The quantitative estimate of drug-likeness (QED) is 0.905. The van der Waals surface area contributed by atoms with E-state index < -0.39 is 17.8 Å². The Morgan fingerprint density at radius 1 is 1.21 bits per heavy atom. The first-order valence-electron chi connectivity index (χ1n) is 5.12. The van der Waals surface area contributed by atoms with E-state index in [-0.39, 0.29) is 11.6 Å². The fourth-order valence-electron chi connectivity index (χ4n) is 1.44. The van der Waals surface area contributed by atoms with Crippen molar-refractivity contribution >= 4 is 5.95 Å². The van der Waals surface area contributed by atoms with Gasteiger partial charge in [-0.15, -0.1) is 0 Å². The number of hydrogen-bond acceptors (Lipinski definition) is 5. The zero-order valence-electron chi connectivity index (χ0n) is 9.77. The average molecular weight is 270 g/mol. The van der Waals surface area contributed by atoms with E-state index in [0.717, 1.165) is 6.07 Å². The summed E-state index contributed by atoms with van der Waals surface area (Å²) in [5.41, 5.74) is 4.67. The lowest BCUT2D eigenvalue weighted by molar-refractivity contribution is -0.141. The van der Waals surface area contributed by atoms with Crippen molar-refractivity contribution in [2.24, 2.45) is 0 Å². The third-order valence-corrected chi connectivity index (χ3v) is 2.27. The van der Waals surface area contributed by atoms with E-state index in [4.69, 9.17) is 10.5 Å². The highest BCUT2D eigenvalue weighted by atomic mass is 19.4. The van der Waals surface area contributed by atoms with Crippen LogP contribution < -0.4 is 10.5 Å². The molecule has 0 bridgehead atoms. The highest BCUT2D eigenvalue weighted by molar-refractivity contribution is 5.61. The molecular formula is C11H9F3N4O. The molecule has 8 heteroatoms. The first-order valence-corrected chi connectivity index (χ1v) is 5.12. The maximum absolute atomic E-state index is 12.6. The Hall–Kier alpha value is -2.38. The van der Waals surface area contributed by atoms with E-state index in [1.807, 2.05) is 0 Å². The molecule has 0 saturated carbocycles. The van der Waals surface area contributed by atoms with Crippen LogP contribution in [-0.4, -0.2) is 22.1 Å². The second kappa shape index (κ2) is 4.71. The fourth-order valence-corrected chi connectivity index (χ4v) is 1.44. The van der Waals surface area contributed by atoms with Crippen molar-refractivity contribution in [3.05, 3.63) is 30.1 Å². The molecule has 0 aliphatic rings. The van der Waals surface area contributed by atoms with E-state index in [1.165, 1.54) is 25.4 Å². The molecule has 0 spiro atoms. The third kappa shape index (κ3) is 2.90. The molecule has 0 atom stereocenters. The summed E-state index contributed by atoms with van der Waals surface area (Å²) in [5, 5.41) is 0. The SMILES string of the molecule is COc1cc(-c2cc(C(F)(F)F)nc(N)n2)ccn1. The predicted octanol–water partition coefficient (Wildman–Crippen LogP) is 2.15. The van der Waals surface area contributed by atoms with E-state index in [2.05, 4.69) is 15.0 Å². The van der Waals surface area contributed by atoms with Crippen LogP contribution in [0, 0.1) is 0 Å². The van der Waals surface area contributed by atoms with Crippen LogP contribution in [-0.2, 0) is 6.18 Å². The summed E-state index contributed by atoms with van der Waals surface area (Å²) in [4.78, 5) is 10.8. The van der Waals surface area contributed by atoms with Gasteiger partial charge in [0.15, 0.2) is 5.69 Å². The van der Waals surface area contributed by atoms with Gasteiger partial charge in [-0.1, -0.05) is 0 Å². The molecule has 19 heavy (non-hydrogen) atoms. The number of nitrogen functional groups attached to an aromatic ring is 1. The van der Waals surface area contributed by atoms with E-state index >= 15 is 0 Å². The minimum absolute atomic E-state index is 0.0560. The van der Waals surface area contributed by atoms with E-state index in [9.17, 15) is 13.2 Å². The first-order chi connectivity index (χ1) is 8.90. The summed E-state index contributed by atoms with van der Waals surface area (Å²) < 4.78 is 42.8. The van der Waals surface area contributed by atoms with Crippen LogP contribution in [0.4, 0.5) is 19.1 Å². The molecule has 0 aliphatic carbocycles. The molecule has 2 aromatic rings. The Morgan fingerprint density at radius 3 is 2.58 bits per heavy atom. The van der Waals surface area contributed by atoms with Gasteiger partial charge < -0.3 is 10.5 Å². The highest BCUT2D eigenvalue weighted by Gasteiger charge is 2.33. The average Bonchev–Trinajstić information content (AvgIpc) is 2.37. The number of nitrogens with zero attached hydrogens (tertiary/aromatic N) is 3. The number of halogens is 3. The van der Waals surface area contributed by atoms with Gasteiger partial charge in [-0.05, 0) is 12.1 Å².